The van der Waals surface area contributed by atoms with Crippen molar-refractivity contribution in [3.05, 3.63) is 308 Å². The Kier molecular flexibility index (Phi) is 47.0. The van der Waals surface area contributed by atoms with Crippen molar-refractivity contribution in [3.8, 4) is 5.75 Å². The van der Waals surface area contributed by atoms with Gasteiger partial charge in [-0.2, -0.15) is 13.2 Å². The molecule has 3 unspecified atom stereocenters. The quantitative estimate of drug-likeness (QED) is 0.0139. The zero-order valence-corrected chi connectivity index (χ0v) is 82.5. The number of phenols is 1. The van der Waals surface area contributed by atoms with Crippen LogP contribution in [0.2, 0.25) is 20.5 Å². The van der Waals surface area contributed by atoms with Gasteiger partial charge in [0.2, 0.25) is 29.5 Å². The number of aryl methyl sites for hydroxylation is 17. The second-order valence-electron chi connectivity index (χ2n) is 36.4. The number of piperidine rings is 5. The summed E-state index contributed by atoms with van der Waals surface area (Å²) in [6.45, 7) is 44.4. The zero-order valence-electron chi connectivity index (χ0n) is 80.9. The standard InChI is InChI=1S/C23H30BNO2.C22H27NO.C21H25NO2.C14H20BNO2.C13H17NO.C9H11Br.C2H5B2O3.C2HF3O2.2CH4/c1-15-6-8-19(10-17(15)3)12-21-13-22(14-25(23(21)26)24(5)27)20-9-7-16(2)18(4)11-20;1-14-5-7-18(9-16(14)3)11-20-12-21(13-23-22(20)24)19-8-6-15(2)17(4)10-19;1-13-4-6-17(9-14(13)2)19-11-18(21(24)22-12-19)10-16-5-7-20(23)15(3)8-16;1-10-4-5-12(8-11(10)2)13-6-7-14(17)16(9-13)15(3)18;1-9-3-4-11(7-10(9)2)12-5-6-13(15)14-8-12;1-7-3-4-9(6-10)5-8(7)2;1-3-7-6-2-4-5;3-2(4,5)1(6)7;;/h6-11,21-22,27H,12-14H2,1-5H3;5-10,20-21H,11-13H2,1-4H3,(H,23,24);4-9,18-19,23H,10-12H2,1-3H3,(H,22,24);4-5,8,13,18H,6-7,9H2,1-3H3;3-4,7,12H,5-6,8H2,1-2H3,(H,14,15);3-5H,6H2,1-2H3;2H2,1H3;(H,6,7);2*1H4/t21?,22-;20?,21-;18?,19-;13-;12-;;;;;/m11111...../s1. The molecule has 26 heteroatoms. The topological polar surface area (TPSA) is 261 Å². The van der Waals surface area contributed by atoms with Crippen molar-refractivity contribution in [2.24, 2.45) is 17.8 Å². The van der Waals surface area contributed by atoms with Gasteiger partial charge >= 0.3 is 68.6 Å². The fourth-order valence-electron chi connectivity index (χ4n) is 16.7. The fourth-order valence-corrected chi connectivity index (χ4v) is 17.0. The molecule has 5 fully saturated rings. The van der Waals surface area contributed by atoms with Gasteiger partial charge in [-0.15, -0.1) is 0 Å². The number of nitrogens with zero attached hydrogens (tertiary/aromatic N) is 2. The number of carbonyl (C=O) groups is 6. The molecule has 5 heterocycles. The van der Waals surface area contributed by atoms with Gasteiger partial charge in [-0.3, -0.25) is 24.0 Å². The first-order valence-electron chi connectivity index (χ1n) is 45.9. The first kappa shape index (κ1) is 114. The van der Waals surface area contributed by atoms with Crippen LogP contribution in [0.1, 0.15) is 234 Å². The molecule has 8 atom stereocenters. The van der Waals surface area contributed by atoms with Crippen molar-refractivity contribution < 1.29 is 76.6 Å². The molecule has 5 aliphatic heterocycles. The number of alkyl halides is 4. The molecule has 18 nitrogen and oxygen atoms in total. The number of benzene rings is 9. The number of carbonyl (C=O) groups excluding carboxylic acids is 5. The molecule has 5 amide bonds. The number of nitrogens with one attached hydrogen (secondary N) is 3. The maximum absolute atomic E-state index is 13.0. The Hall–Kier alpha value is -10.2. The van der Waals surface area contributed by atoms with E-state index in [0.717, 1.165) is 74.5 Å². The molecule has 9 aromatic carbocycles. The number of carboxylic acids is 1. The summed E-state index contributed by atoms with van der Waals surface area (Å²) in [6, 6.07) is 58.1. The van der Waals surface area contributed by atoms with Gasteiger partial charge in [-0.05, 0) is 333 Å². The SMILES string of the molecule is C.C.CB(O)N1C[C@H](c2ccc(C)c(C)c2)CC(Cc2ccc(C)c(C)c2)C1=O.CB(O)N1C[C@H](c2ccc(C)c(C)c2)CCC1=O.C[B]OOCB=O.Cc1ccc(CBr)cc1C.Cc1ccc(CC2C[C@@H](c3ccc(C)c(C)c3)CNC2=O)cc1C.Cc1ccc([C@@H]2CCC(=O)NC2)cc1C.Cc1ccc([C@H]2CNC(=O)C(Cc3ccc(O)c(C)c3)C2)cc1C.O=C(O)C(F)(F)F. The molecule has 0 saturated carbocycles. The molecule has 5 aliphatic rings. The summed E-state index contributed by atoms with van der Waals surface area (Å²) >= 11 is 3.42. The van der Waals surface area contributed by atoms with Crippen LogP contribution in [0.15, 0.2) is 164 Å². The first-order chi connectivity index (χ1) is 62.4. The number of rotatable bonds is 18. The van der Waals surface area contributed by atoms with Crippen LogP contribution < -0.4 is 16.0 Å². The second kappa shape index (κ2) is 55.1. The summed E-state index contributed by atoms with van der Waals surface area (Å²) in [5.41, 5.74) is 33.3. The third kappa shape index (κ3) is 35.5. The summed E-state index contributed by atoms with van der Waals surface area (Å²) in [5.74, 6) is 0.0456. The molecular weight excluding hydrogens is 1760 g/mol. The van der Waals surface area contributed by atoms with Crippen molar-refractivity contribution in [1.29, 1.82) is 0 Å². The molecule has 5 saturated heterocycles. The second-order valence-corrected chi connectivity index (χ2v) is 36.9. The number of phenolic OH excluding ortho intramolecular Hbond substituents is 1. The van der Waals surface area contributed by atoms with Crippen LogP contribution in [-0.2, 0) is 67.8 Å². The molecule has 0 spiro atoms. The predicted molar refractivity (Wildman–Crippen MR) is 543 cm³/mol. The Bertz CT molecular complexity index is 5260. The minimum atomic E-state index is -5.08. The number of hydrogen-bond acceptors (Lipinski definition) is 12. The van der Waals surface area contributed by atoms with E-state index in [9.17, 15) is 57.0 Å². The molecule has 0 aliphatic carbocycles. The first-order valence-corrected chi connectivity index (χ1v) is 47.0. The van der Waals surface area contributed by atoms with E-state index in [0.29, 0.717) is 75.5 Å². The summed E-state index contributed by atoms with van der Waals surface area (Å²) in [7, 11) is 0.522. The summed E-state index contributed by atoms with van der Waals surface area (Å²) in [6.07, 6.45) is 2.87. The predicted octanol–water partition coefficient (Wildman–Crippen LogP) is 21.5. The maximum Gasteiger partial charge on any atom is 0.490 e. The van der Waals surface area contributed by atoms with Gasteiger partial charge < -0.3 is 45.8 Å². The third-order valence-electron chi connectivity index (χ3n) is 26.3. The molecule has 0 bridgehead atoms. The fraction of sp³-hybridized carbons (Fsp3) is 0.444. The van der Waals surface area contributed by atoms with Crippen molar-refractivity contribution in [1.82, 2.24) is 25.6 Å². The van der Waals surface area contributed by atoms with Crippen LogP contribution in [0.3, 0.4) is 0 Å². The number of aliphatic carboxylic acids is 1. The Morgan fingerprint density at radius 3 is 1.09 bits per heavy atom. The summed E-state index contributed by atoms with van der Waals surface area (Å²) < 4.78 is 41.2. The largest absolute Gasteiger partial charge is 0.508 e. The van der Waals surface area contributed by atoms with Crippen molar-refractivity contribution in [2.45, 2.75) is 258 Å². The minimum absolute atomic E-state index is 0. The summed E-state index contributed by atoms with van der Waals surface area (Å²) in [5, 5.41) is 46.7. The zero-order chi connectivity index (χ0) is 97.5. The van der Waals surface area contributed by atoms with Gasteiger partial charge in [-0.1, -0.05) is 189 Å². The van der Waals surface area contributed by atoms with E-state index in [2.05, 4.69) is 298 Å². The van der Waals surface area contributed by atoms with Crippen LogP contribution >= 0.6 is 15.9 Å². The molecule has 719 valence electrons. The number of aromatic hydroxyl groups is 1. The van der Waals surface area contributed by atoms with Crippen LogP contribution in [-0.4, -0.2) is 140 Å². The van der Waals surface area contributed by atoms with Gasteiger partial charge in [0.15, 0.2) is 0 Å². The number of carboxylic acid groups (broad SMARTS) is 1. The molecule has 134 heavy (non-hydrogen) atoms. The average molecular weight is 1900 g/mol. The van der Waals surface area contributed by atoms with Crippen LogP contribution in [0.25, 0.3) is 0 Å². The molecule has 14 rings (SSSR count). The van der Waals surface area contributed by atoms with E-state index in [4.69, 9.17) is 9.90 Å². The molecule has 7 N–H and O–H groups in total. The molecule has 0 aromatic heterocycles. The number of halogens is 4. The molecule has 1 radical (unpaired) electrons. The van der Waals surface area contributed by atoms with Crippen molar-refractivity contribution in [2.75, 3.05) is 39.2 Å². The van der Waals surface area contributed by atoms with E-state index in [-0.39, 0.29) is 74.6 Å². The van der Waals surface area contributed by atoms with E-state index < -0.39 is 26.2 Å². The monoisotopic (exact) mass is 1900 g/mol. The maximum atomic E-state index is 13.0. The van der Waals surface area contributed by atoms with Gasteiger partial charge in [0.25, 0.3) is 0 Å². The third-order valence-corrected chi connectivity index (χ3v) is 26.9. The van der Waals surface area contributed by atoms with Crippen LogP contribution in [0.4, 0.5) is 13.2 Å². The molecular formula is C108H144B4BrF3N5O13. The number of hydrogen-bond donors (Lipinski definition) is 7. The van der Waals surface area contributed by atoms with E-state index in [1.54, 1.807) is 36.2 Å². The van der Waals surface area contributed by atoms with Crippen LogP contribution in [0, 0.1) is 135 Å². The van der Waals surface area contributed by atoms with E-state index in [1.807, 2.05) is 19.1 Å². The Labute approximate surface area is 806 Å². The van der Waals surface area contributed by atoms with E-state index in [1.165, 1.54) is 141 Å². The van der Waals surface area contributed by atoms with Gasteiger partial charge in [-0.25, -0.2) is 4.79 Å². The average Bonchev–Trinajstić information content (AvgIpc) is 0.789. The van der Waals surface area contributed by atoms with Crippen molar-refractivity contribution in [3.63, 3.8) is 0 Å². The smallest absolute Gasteiger partial charge is 0.490 e. The van der Waals surface area contributed by atoms with E-state index >= 15 is 0 Å². The Morgan fingerprint density at radius 1 is 0.433 bits per heavy atom. The Morgan fingerprint density at radius 2 is 0.746 bits per heavy atom. The normalized spacial score (nSPS) is 18.3. The van der Waals surface area contributed by atoms with Gasteiger partial charge in [0.05, 0.1) is 0 Å². The summed E-state index contributed by atoms with van der Waals surface area (Å²) in [4.78, 5) is 80.9. The van der Waals surface area contributed by atoms with Gasteiger partial charge in [0, 0.05) is 98.2 Å². The van der Waals surface area contributed by atoms with Crippen molar-refractivity contribution >= 4 is 80.2 Å². The van der Waals surface area contributed by atoms with Gasteiger partial charge in [0.1, 0.15) is 5.75 Å². The minimum Gasteiger partial charge on any atom is -0.508 e. The molecule has 9 aromatic rings. The van der Waals surface area contributed by atoms with Crippen LogP contribution in [0.5, 0.6) is 5.75 Å². The number of amides is 5. The Balaban J connectivity index is 0.000000280.